The maximum absolute atomic E-state index is 10.9. The van der Waals surface area contributed by atoms with Crippen molar-refractivity contribution in [2.24, 2.45) is 0 Å². The molecule has 0 bridgehead atoms. The maximum Gasteiger partial charge on any atom is 0.356 e. The third-order valence-corrected chi connectivity index (χ3v) is 2.72. The Balaban J connectivity index is 2.05. The molecule has 0 unspecified atom stereocenters. The summed E-state index contributed by atoms with van der Waals surface area (Å²) in [4.78, 5) is 10.9. The fourth-order valence-corrected chi connectivity index (χ4v) is 1.83. The van der Waals surface area contributed by atoms with Crippen molar-refractivity contribution in [1.82, 2.24) is 9.78 Å². The van der Waals surface area contributed by atoms with Gasteiger partial charge in [0.1, 0.15) is 0 Å². The van der Waals surface area contributed by atoms with Gasteiger partial charge in [-0.3, -0.25) is 0 Å². The highest BCUT2D eigenvalue weighted by molar-refractivity contribution is 5.86. The van der Waals surface area contributed by atoms with Crippen molar-refractivity contribution in [2.75, 3.05) is 6.79 Å². The Bertz CT molecular complexity index is 633. The first kappa shape index (κ1) is 10.6. The fraction of sp³-hybridized carbons (Fsp3) is 0.167. The van der Waals surface area contributed by atoms with Crippen LogP contribution in [0, 0.1) is 6.92 Å². The molecule has 0 saturated heterocycles. The zero-order valence-corrected chi connectivity index (χ0v) is 9.58. The van der Waals surface area contributed by atoms with Crippen LogP contribution < -0.4 is 9.47 Å². The smallest absolute Gasteiger partial charge is 0.356 e. The van der Waals surface area contributed by atoms with Crippen LogP contribution in [0.4, 0.5) is 0 Å². The van der Waals surface area contributed by atoms with E-state index in [9.17, 15) is 4.79 Å². The van der Waals surface area contributed by atoms with Crippen molar-refractivity contribution in [2.45, 2.75) is 6.92 Å². The number of hydrogen-bond acceptors (Lipinski definition) is 4. The molecule has 92 valence electrons. The second kappa shape index (κ2) is 3.76. The molecule has 0 spiro atoms. The average molecular weight is 246 g/mol. The van der Waals surface area contributed by atoms with Crippen molar-refractivity contribution in [1.29, 1.82) is 0 Å². The standard InChI is InChI=1S/C12H10N2O4/c1-7-5-14(13-11(7)12(15)16)8-2-3-9-10(4-8)18-6-17-9/h2-5H,6H2,1H3,(H,15,16). The lowest BCUT2D eigenvalue weighted by atomic mass is 10.2. The molecule has 1 aromatic carbocycles. The van der Waals surface area contributed by atoms with Gasteiger partial charge < -0.3 is 14.6 Å². The van der Waals surface area contributed by atoms with Gasteiger partial charge in [0, 0.05) is 17.8 Å². The first-order valence-electron chi connectivity index (χ1n) is 5.35. The molecular weight excluding hydrogens is 236 g/mol. The number of nitrogens with zero attached hydrogens (tertiary/aromatic N) is 2. The molecule has 2 heterocycles. The minimum Gasteiger partial charge on any atom is -0.476 e. The van der Waals surface area contributed by atoms with E-state index in [4.69, 9.17) is 14.6 Å². The highest BCUT2D eigenvalue weighted by atomic mass is 16.7. The van der Waals surface area contributed by atoms with E-state index in [1.807, 2.05) is 0 Å². The summed E-state index contributed by atoms with van der Waals surface area (Å²) in [5, 5.41) is 13.0. The Morgan fingerprint density at radius 3 is 2.89 bits per heavy atom. The number of carboxylic acid groups (broad SMARTS) is 1. The molecule has 0 aliphatic carbocycles. The number of aromatic nitrogens is 2. The first-order chi connectivity index (χ1) is 8.65. The summed E-state index contributed by atoms with van der Waals surface area (Å²) in [6.07, 6.45) is 1.67. The predicted octanol–water partition coefficient (Wildman–Crippen LogP) is 1.61. The van der Waals surface area contributed by atoms with Gasteiger partial charge in [-0.1, -0.05) is 0 Å². The monoisotopic (exact) mass is 246 g/mol. The highest BCUT2D eigenvalue weighted by Gasteiger charge is 2.16. The molecule has 0 atom stereocenters. The van der Waals surface area contributed by atoms with Crippen LogP contribution >= 0.6 is 0 Å². The molecule has 0 saturated carbocycles. The second-order valence-electron chi connectivity index (χ2n) is 3.95. The fourth-order valence-electron chi connectivity index (χ4n) is 1.83. The summed E-state index contributed by atoms with van der Waals surface area (Å²) >= 11 is 0. The van der Waals surface area contributed by atoms with Crippen molar-refractivity contribution < 1.29 is 19.4 Å². The Morgan fingerprint density at radius 2 is 2.17 bits per heavy atom. The number of rotatable bonds is 2. The molecular formula is C12H10N2O4. The van der Waals surface area contributed by atoms with Gasteiger partial charge in [-0.2, -0.15) is 5.10 Å². The number of aryl methyl sites for hydroxylation is 1. The Morgan fingerprint density at radius 1 is 1.39 bits per heavy atom. The molecule has 6 heteroatoms. The number of benzene rings is 1. The Kier molecular flexibility index (Phi) is 2.22. The second-order valence-corrected chi connectivity index (χ2v) is 3.95. The quantitative estimate of drug-likeness (QED) is 0.871. The lowest BCUT2D eigenvalue weighted by molar-refractivity contribution is 0.0689. The van der Waals surface area contributed by atoms with Gasteiger partial charge in [-0.25, -0.2) is 9.48 Å². The minimum absolute atomic E-state index is 0.0488. The lowest BCUT2D eigenvalue weighted by Gasteiger charge is -2.02. The Hall–Kier alpha value is -2.50. The van der Waals surface area contributed by atoms with Crippen LogP contribution in [0.3, 0.4) is 0 Å². The molecule has 1 N–H and O–H groups in total. The molecule has 1 aromatic heterocycles. The molecule has 3 rings (SSSR count). The number of carbonyl (C=O) groups is 1. The van der Waals surface area contributed by atoms with E-state index < -0.39 is 5.97 Å². The molecule has 0 fully saturated rings. The molecule has 6 nitrogen and oxygen atoms in total. The zero-order chi connectivity index (χ0) is 12.7. The van der Waals surface area contributed by atoms with Gasteiger partial charge >= 0.3 is 5.97 Å². The summed E-state index contributed by atoms with van der Waals surface area (Å²) in [5.74, 6) is 0.283. The highest BCUT2D eigenvalue weighted by Crippen LogP contribution is 2.33. The summed E-state index contributed by atoms with van der Waals surface area (Å²) in [7, 11) is 0. The number of carboxylic acids is 1. The van der Waals surface area contributed by atoms with Gasteiger partial charge in [0.2, 0.25) is 6.79 Å². The normalized spacial score (nSPS) is 12.7. The van der Waals surface area contributed by atoms with Crippen LogP contribution in [0.1, 0.15) is 16.1 Å². The van der Waals surface area contributed by atoms with Crippen LogP contribution in [0.5, 0.6) is 11.5 Å². The summed E-state index contributed by atoms with van der Waals surface area (Å²) in [5.41, 5.74) is 1.39. The van der Waals surface area contributed by atoms with Gasteiger partial charge in [0.25, 0.3) is 0 Å². The van der Waals surface area contributed by atoms with Gasteiger partial charge in [-0.15, -0.1) is 0 Å². The van der Waals surface area contributed by atoms with E-state index >= 15 is 0 Å². The lowest BCUT2D eigenvalue weighted by Crippen LogP contribution is -2.01. The zero-order valence-electron chi connectivity index (χ0n) is 9.58. The number of hydrogen-bond donors (Lipinski definition) is 1. The van der Waals surface area contributed by atoms with Crippen molar-refractivity contribution >= 4 is 5.97 Å². The number of ether oxygens (including phenoxy) is 2. The van der Waals surface area contributed by atoms with Crippen LogP contribution in [-0.4, -0.2) is 27.6 Å². The van der Waals surface area contributed by atoms with E-state index in [0.717, 1.165) is 5.69 Å². The third-order valence-electron chi connectivity index (χ3n) is 2.72. The topological polar surface area (TPSA) is 73.6 Å². The minimum atomic E-state index is -1.04. The maximum atomic E-state index is 10.9. The van der Waals surface area contributed by atoms with E-state index in [0.29, 0.717) is 17.1 Å². The number of fused-ring (bicyclic) bond motifs is 1. The van der Waals surface area contributed by atoms with Crippen molar-refractivity contribution in [3.8, 4) is 17.2 Å². The molecule has 2 aromatic rings. The molecule has 0 radical (unpaired) electrons. The van der Waals surface area contributed by atoms with Crippen LogP contribution in [0.2, 0.25) is 0 Å². The molecule has 1 aliphatic rings. The summed E-state index contributed by atoms with van der Waals surface area (Å²) in [6, 6.07) is 5.33. The van der Waals surface area contributed by atoms with Crippen LogP contribution in [0.25, 0.3) is 5.69 Å². The van der Waals surface area contributed by atoms with Crippen LogP contribution in [-0.2, 0) is 0 Å². The average Bonchev–Trinajstić information content (AvgIpc) is 2.93. The Labute approximate surface area is 102 Å². The van der Waals surface area contributed by atoms with Gasteiger partial charge in [0.15, 0.2) is 17.2 Å². The SMILES string of the molecule is Cc1cn(-c2ccc3c(c2)OCO3)nc1C(=O)O. The molecule has 1 aliphatic heterocycles. The largest absolute Gasteiger partial charge is 0.476 e. The predicted molar refractivity (Wildman–Crippen MR) is 61.4 cm³/mol. The van der Waals surface area contributed by atoms with E-state index in [2.05, 4.69) is 5.10 Å². The van der Waals surface area contributed by atoms with Crippen LogP contribution in [0.15, 0.2) is 24.4 Å². The molecule has 0 amide bonds. The summed E-state index contributed by atoms with van der Waals surface area (Å²) in [6.45, 7) is 1.91. The van der Waals surface area contributed by atoms with E-state index in [-0.39, 0.29) is 12.5 Å². The van der Waals surface area contributed by atoms with E-state index in [1.54, 1.807) is 31.3 Å². The third kappa shape index (κ3) is 1.58. The van der Waals surface area contributed by atoms with Crippen molar-refractivity contribution in [3.05, 3.63) is 35.7 Å². The summed E-state index contributed by atoms with van der Waals surface area (Å²) < 4.78 is 12.0. The first-order valence-corrected chi connectivity index (χ1v) is 5.35. The van der Waals surface area contributed by atoms with Crippen molar-refractivity contribution in [3.63, 3.8) is 0 Å². The van der Waals surface area contributed by atoms with E-state index in [1.165, 1.54) is 4.68 Å². The van der Waals surface area contributed by atoms with Gasteiger partial charge in [0.05, 0.1) is 5.69 Å². The number of aromatic carboxylic acids is 1. The van der Waals surface area contributed by atoms with Gasteiger partial charge in [-0.05, 0) is 19.1 Å². The molecule has 18 heavy (non-hydrogen) atoms.